The monoisotopic (exact) mass is 301 g/mol. The van der Waals surface area contributed by atoms with Gasteiger partial charge in [-0.1, -0.05) is 23.2 Å². The number of carbonyl (C=O) groups is 1. The molecule has 0 aliphatic rings. The van der Waals surface area contributed by atoms with Gasteiger partial charge in [0.1, 0.15) is 0 Å². The second-order valence-corrected chi connectivity index (χ2v) is 7.15. The number of rotatable bonds is 7. The van der Waals surface area contributed by atoms with Gasteiger partial charge in [0.05, 0.1) is 6.61 Å². The van der Waals surface area contributed by atoms with E-state index >= 15 is 0 Å². The molecule has 0 heterocycles. The molecule has 17 heavy (non-hydrogen) atoms. The molecule has 0 aromatic heterocycles. The summed E-state index contributed by atoms with van der Waals surface area (Å²) in [4.78, 5) is 11.4. The number of hydrogen-bond donors (Lipinski definition) is 1. The van der Waals surface area contributed by atoms with Crippen LogP contribution in [0.25, 0.3) is 0 Å². The Balaban J connectivity index is 0. The average Bonchev–Trinajstić information content (AvgIpc) is 2.24. The van der Waals surface area contributed by atoms with Crippen LogP contribution in [0.4, 0.5) is 0 Å². The average molecular weight is 301 g/mol. The van der Waals surface area contributed by atoms with Crippen molar-refractivity contribution >= 4 is 39.5 Å². The van der Waals surface area contributed by atoms with Gasteiger partial charge in [-0.3, -0.25) is 14.1 Å². The summed E-state index contributed by atoms with van der Waals surface area (Å²) in [6.07, 6.45) is 4.17. The molecular weight excluding hydrogens is 276 g/mol. The topological polar surface area (TPSA) is 55.4 Å². The first-order chi connectivity index (χ1) is 7.89. The van der Waals surface area contributed by atoms with Gasteiger partial charge >= 0.3 is 0 Å². The molecule has 0 aliphatic carbocycles. The van der Waals surface area contributed by atoms with Crippen LogP contribution in [-0.4, -0.2) is 40.5 Å². The predicted octanol–water partition coefficient (Wildman–Crippen LogP) is 1.26. The zero-order valence-corrected chi connectivity index (χ0v) is 14.2. The lowest BCUT2D eigenvalue weighted by Crippen LogP contribution is -2.26. The van der Waals surface area contributed by atoms with Gasteiger partial charge in [0, 0.05) is 39.8 Å². The Labute approximate surface area is 110 Å². The summed E-state index contributed by atoms with van der Waals surface area (Å²) >= 11 is 0. The summed E-state index contributed by atoms with van der Waals surface area (Å²) in [5.41, 5.74) is 0. The zero-order valence-electron chi connectivity index (χ0n) is 11.1. The third-order valence-electron chi connectivity index (χ3n) is 1.69. The normalized spacial score (nSPS) is 12.4. The van der Waals surface area contributed by atoms with Gasteiger partial charge in [-0.25, -0.2) is 0 Å². The fourth-order valence-electron chi connectivity index (χ4n) is 1.02. The minimum Gasteiger partial charge on any atom is -0.364 e. The fraction of sp³-hybridized carbons (Fsp3) is 0.800. The number of carbonyl (C=O) groups excluding carboxylic acids is 1. The van der Waals surface area contributed by atoms with E-state index in [1.165, 1.54) is 5.37 Å². The van der Waals surface area contributed by atoms with Crippen LogP contribution in [0.2, 0.25) is 0 Å². The lowest BCUT2D eigenvalue weighted by Gasteiger charge is -2.13. The quantitative estimate of drug-likeness (QED) is 0.568. The lowest BCUT2D eigenvalue weighted by atomic mass is 10.1. The summed E-state index contributed by atoms with van der Waals surface area (Å²) in [5.74, 6) is -0.0704. The van der Waals surface area contributed by atoms with Crippen molar-refractivity contribution in [2.45, 2.75) is 32.7 Å². The molecule has 104 valence electrons. The maximum atomic E-state index is 11.4. The smallest absolute Gasteiger partial charge is 0.163 e. The van der Waals surface area contributed by atoms with Gasteiger partial charge in [-0.15, -0.1) is 0 Å². The van der Waals surface area contributed by atoms with E-state index in [9.17, 15) is 9.00 Å². The standard InChI is InChI=1S/C8H19NO3P2S.C2H6/c1-15(2,11)6-8(10)4-3-7(9-13)5-12-14;1-2/h6-7,9H,3-5,13-14H2,1-2H3;1-2H3. The van der Waals surface area contributed by atoms with E-state index in [2.05, 4.69) is 23.9 Å². The predicted molar refractivity (Wildman–Crippen MR) is 83.9 cm³/mol. The number of hydrogen-bond acceptors (Lipinski definition) is 4. The first-order valence-electron chi connectivity index (χ1n) is 5.48. The minimum absolute atomic E-state index is 0.0704. The summed E-state index contributed by atoms with van der Waals surface area (Å²) in [5, 5.41) is 4.28. The van der Waals surface area contributed by atoms with Gasteiger partial charge in [0.25, 0.3) is 0 Å². The molecule has 0 aliphatic heterocycles. The van der Waals surface area contributed by atoms with Crippen molar-refractivity contribution in [2.75, 3.05) is 19.1 Å². The van der Waals surface area contributed by atoms with E-state index in [4.69, 9.17) is 4.52 Å². The molecule has 0 saturated carbocycles. The van der Waals surface area contributed by atoms with Crippen molar-refractivity contribution in [2.24, 2.45) is 0 Å². The molecule has 0 spiro atoms. The Bertz CT molecular complexity index is 307. The van der Waals surface area contributed by atoms with E-state index < -0.39 is 9.52 Å². The van der Waals surface area contributed by atoms with E-state index in [-0.39, 0.29) is 11.8 Å². The Hall–Kier alpha value is 0.470. The molecule has 3 unspecified atom stereocenters. The highest BCUT2D eigenvalue weighted by Gasteiger charge is 2.08. The van der Waals surface area contributed by atoms with Crippen molar-refractivity contribution in [1.29, 1.82) is 0 Å². The molecule has 0 radical (unpaired) electrons. The lowest BCUT2D eigenvalue weighted by molar-refractivity contribution is -0.112. The first kappa shape index (κ1) is 19.8. The van der Waals surface area contributed by atoms with Crippen LogP contribution < -0.4 is 5.09 Å². The van der Waals surface area contributed by atoms with Gasteiger partial charge in [0.2, 0.25) is 0 Å². The van der Waals surface area contributed by atoms with Gasteiger partial charge in [-0.2, -0.15) is 0 Å². The molecular formula is C10H25NO3P2S. The van der Waals surface area contributed by atoms with E-state index in [0.717, 1.165) is 0 Å². The summed E-state index contributed by atoms with van der Waals surface area (Å²) in [6, 6.07) is 0.120. The van der Waals surface area contributed by atoms with Crippen LogP contribution in [0, 0.1) is 0 Å². The molecule has 1 N–H and O–H groups in total. The van der Waals surface area contributed by atoms with Crippen LogP contribution in [-0.2, 0) is 18.8 Å². The van der Waals surface area contributed by atoms with E-state index in [1.54, 1.807) is 12.5 Å². The maximum Gasteiger partial charge on any atom is 0.163 e. The van der Waals surface area contributed by atoms with Crippen molar-refractivity contribution in [1.82, 2.24) is 5.09 Å². The van der Waals surface area contributed by atoms with Crippen LogP contribution in [0.1, 0.15) is 26.7 Å². The third-order valence-corrected chi connectivity index (χ3v) is 3.18. The summed E-state index contributed by atoms with van der Waals surface area (Å²) in [6.45, 7) is 4.52. The van der Waals surface area contributed by atoms with Crippen LogP contribution >= 0.6 is 18.9 Å². The molecule has 4 nitrogen and oxygen atoms in total. The van der Waals surface area contributed by atoms with E-state index in [1.807, 2.05) is 13.8 Å². The maximum absolute atomic E-state index is 11.4. The van der Waals surface area contributed by atoms with Crippen LogP contribution in [0.5, 0.6) is 0 Å². The Morgan fingerprint density at radius 2 is 2.00 bits per heavy atom. The second kappa shape index (κ2) is 11.6. The van der Waals surface area contributed by atoms with Gasteiger partial charge in [0.15, 0.2) is 5.78 Å². The molecule has 0 fully saturated rings. The van der Waals surface area contributed by atoms with Gasteiger partial charge < -0.3 is 4.52 Å². The summed E-state index contributed by atoms with van der Waals surface area (Å²) in [7, 11) is 2.49. The highest BCUT2D eigenvalue weighted by Crippen LogP contribution is 2.02. The molecule has 7 heteroatoms. The van der Waals surface area contributed by atoms with Crippen molar-refractivity contribution < 1.29 is 13.5 Å². The molecule has 0 rings (SSSR count). The molecule has 0 aromatic carbocycles. The summed E-state index contributed by atoms with van der Waals surface area (Å²) < 4.78 is 16.2. The first-order valence-corrected chi connectivity index (χ1v) is 8.97. The third kappa shape index (κ3) is 14.4. The Kier molecular flexibility index (Phi) is 13.5. The van der Waals surface area contributed by atoms with Crippen molar-refractivity contribution in [3.8, 4) is 0 Å². The Morgan fingerprint density at radius 3 is 2.35 bits per heavy atom. The number of nitrogens with one attached hydrogen (secondary N) is 1. The molecule has 0 saturated heterocycles. The van der Waals surface area contributed by atoms with Crippen molar-refractivity contribution in [3.05, 3.63) is 0 Å². The largest absolute Gasteiger partial charge is 0.364 e. The Morgan fingerprint density at radius 1 is 1.47 bits per heavy atom. The molecule has 0 aromatic rings. The SMILES string of the molecule is CC.CS(C)(=O)=CC(=O)CCC(COP)NP. The fourth-order valence-corrected chi connectivity index (χ4v) is 2.27. The van der Waals surface area contributed by atoms with Crippen LogP contribution in [0.15, 0.2) is 0 Å². The molecule has 0 bridgehead atoms. The van der Waals surface area contributed by atoms with Crippen molar-refractivity contribution in [3.63, 3.8) is 0 Å². The van der Waals surface area contributed by atoms with E-state index in [0.29, 0.717) is 19.4 Å². The second-order valence-electron chi connectivity index (χ2n) is 3.63. The number of Topliss-reactive ketones (excluding diaryl/α,β-unsaturated/α-hetero) is 1. The number of ketones is 1. The molecule has 0 amide bonds. The highest BCUT2D eigenvalue weighted by molar-refractivity contribution is 8.01. The van der Waals surface area contributed by atoms with Gasteiger partial charge in [-0.05, 0) is 15.9 Å². The van der Waals surface area contributed by atoms with Crippen LogP contribution in [0.3, 0.4) is 0 Å². The minimum atomic E-state index is -2.08. The molecule has 3 atom stereocenters. The zero-order chi connectivity index (χ0) is 13.9. The highest BCUT2D eigenvalue weighted by atomic mass is 32.2.